The molecule has 130 valence electrons. The SMILES string of the molecule is OC(CN1CCC(Nc2ncnc3[nH]ncc23)CC1)c1ccccc1. The Bertz CT molecular complexity index is 813. The van der Waals surface area contributed by atoms with E-state index in [-0.39, 0.29) is 0 Å². The van der Waals surface area contributed by atoms with Crippen molar-refractivity contribution in [3.05, 3.63) is 48.4 Å². The number of hydrogen-bond acceptors (Lipinski definition) is 6. The van der Waals surface area contributed by atoms with Crippen LogP contribution in [0.1, 0.15) is 24.5 Å². The average Bonchev–Trinajstić information content (AvgIpc) is 3.14. The first-order chi connectivity index (χ1) is 12.3. The fourth-order valence-electron chi connectivity index (χ4n) is 3.36. The smallest absolute Gasteiger partial charge is 0.160 e. The molecule has 0 aliphatic carbocycles. The number of piperidine rings is 1. The Kier molecular flexibility index (Phi) is 4.58. The summed E-state index contributed by atoms with van der Waals surface area (Å²) < 4.78 is 0. The van der Waals surface area contributed by atoms with Crippen LogP contribution in [0.2, 0.25) is 0 Å². The molecule has 2 aromatic heterocycles. The minimum absolute atomic E-state index is 0.373. The van der Waals surface area contributed by atoms with Gasteiger partial charge in [-0.2, -0.15) is 5.10 Å². The third-order valence-corrected chi connectivity index (χ3v) is 4.79. The molecule has 1 aliphatic heterocycles. The highest BCUT2D eigenvalue weighted by atomic mass is 16.3. The molecule has 3 heterocycles. The predicted octanol–water partition coefficient (Wildman–Crippen LogP) is 1.96. The summed E-state index contributed by atoms with van der Waals surface area (Å²) in [6, 6.07) is 10.2. The predicted molar refractivity (Wildman–Crippen MR) is 96.2 cm³/mol. The molecule has 1 atom stereocenters. The van der Waals surface area contributed by atoms with E-state index in [1.54, 1.807) is 12.5 Å². The number of nitrogens with zero attached hydrogens (tertiary/aromatic N) is 4. The quantitative estimate of drug-likeness (QED) is 0.659. The van der Waals surface area contributed by atoms with E-state index in [2.05, 4.69) is 30.4 Å². The van der Waals surface area contributed by atoms with E-state index in [1.165, 1.54) is 0 Å². The summed E-state index contributed by atoms with van der Waals surface area (Å²) in [5, 5.41) is 21.7. The van der Waals surface area contributed by atoms with Gasteiger partial charge in [0.2, 0.25) is 0 Å². The van der Waals surface area contributed by atoms with Crippen molar-refractivity contribution in [3.8, 4) is 0 Å². The molecule has 0 amide bonds. The zero-order valence-electron chi connectivity index (χ0n) is 14.0. The molecule has 1 fully saturated rings. The lowest BCUT2D eigenvalue weighted by Gasteiger charge is -2.33. The Morgan fingerprint density at radius 3 is 2.80 bits per heavy atom. The molecule has 0 radical (unpaired) electrons. The molecule has 7 heteroatoms. The summed E-state index contributed by atoms with van der Waals surface area (Å²) in [5.74, 6) is 0.835. The highest BCUT2D eigenvalue weighted by molar-refractivity contribution is 5.85. The van der Waals surface area contributed by atoms with Crippen molar-refractivity contribution in [1.82, 2.24) is 25.1 Å². The minimum Gasteiger partial charge on any atom is -0.387 e. The minimum atomic E-state index is -0.432. The number of β-amino-alcohol motifs (C(OH)–C–C–N with tert-alkyl or cyclic N) is 1. The number of aliphatic hydroxyl groups is 1. The molecule has 7 nitrogen and oxygen atoms in total. The number of aliphatic hydroxyl groups excluding tert-OH is 1. The Hall–Kier alpha value is -2.51. The molecule has 0 spiro atoms. The lowest BCUT2D eigenvalue weighted by Crippen LogP contribution is -2.41. The summed E-state index contributed by atoms with van der Waals surface area (Å²) in [5.41, 5.74) is 1.73. The van der Waals surface area contributed by atoms with E-state index in [9.17, 15) is 5.11 Å². The number of aromatic amines is 1. The van der Waals surface area contributed by atoms with E-state index in [0.29, 0.717) is 12.6 Å². The van der Waals surface area contributed by atoms with Crippen molar-refractivity contribution in [2.24, 2.45) is 0 Å². The summed E-state index contributed by atoms with van der Waals surface area (Å²) in [6.07, 6.45) is 4.91. The van der Waals surface area contributed by atoms with E-state index in [4.69, 9.17) is 0 Å². The summed E-state index contributed by atoms with van der Waals surface area (Å²) in [6.45, 7) is 2.60. The molecule has 1 unspecified atom stereocenters. The first-order valence-corrected chi connectivity index (χ1v) is 8.65. The van der Waals surface area contributed by atoms with Gasteiger partial charge < -0.3 is 15.3 Å². The zero-order valence-corrected chi connectivity index (χ0v) is 14.0. The zero-order chi connectivity index (χ0) is 17.1. The second-order valence-corrected chi connectivity index (χ2v) is 6.50. The van der Waals surface area contributed by atoms with E-state index >= 15 is 0 Å². The molecule has 3 N–H and O–H groups in total. The number of anilines is 1. The topological polar surface area (TPSA) is 90.0 Å². The molecule has 3 aromatic rings. The van der Waals surface area contributed by atoms with Gasteiger partial charge in [0.25, 0.3) is 0 Å². The number of likely N-dealkylation sites (tertiary alicyclic amines) is 1. The van der Waals surface area contributed by atoms with Crippen LogP contribution in [-0.2, 0) is 0 Å². The first kappa shape index (κ1) is 16.0. The number of hydrogen-bond donors (Lipinski definition) is 3. The molecule has 1 aromatic carbocycles. The Labute approximate surface area is 146 Å². The van der Waals surface area contributed by atoms with Crippen LogP contribution < -0.4 is 5.32 Å². The van der Waals surface area contributed by atoms with Crippen LogP contribution in [0.25, 0.3) is 11.0 Å². The second kappa shape index (κ2) is 7.16. The van der Waals surface area contributed by atoms with Crippen LogP contribution in [0.4, 0.5) is 5.82 Å². The van der Waals surface area contributed by atoms with Gasteiger partial charge >= 0.3 is 0 Å². The summed E-state index contributed by atoms with van der Waals surface area (Å²) in [4.78, 5) is 10.8. The van der Waals surface area contributed by atoms with Gasteiger partial charge in [-0.3, -0.25) is 5.10 Å². The van der Waals surface area contributed by atoms with Gasteiger partial charge in [0.1, 0.15) is 12.1 Å². The fraction of sp³-hybridized carbons (Fsp3) is 0.389. The Morgan fingerprint density at radius 2 is 2.00 bits per heavy atom. The lowest BCUT2D eigenvalue weighted by molar-refractivity contribution is 0.0991. The van der Waals surface area contributed by atoms with Gasteiger partial charge in [-0.05, 0) is 18.4 Å². The molecule has 4 rings (SSSR count). The number of aromatic nitrogens is 4. The monoisotopic (exact) mass is 338 g/mol. The van der Waals surface area contributed by atoms with Gasteiger partial charge in [0, 0.05) is 25.7 Å². The van der Waals surface area contributed by atoms with Crippen molar-refractivity contribution >= 4 is 16.9 Å². The molecule has 1 aliphatic rings. The van der Waals surface area contributed by atoms with Crippen molar-refractivity contribution in [3.63, 3.8) is 0 Å². The van der Waals surface area contributed by atoms with Crippen LogP contribution in [-0.4, -0.2) is 55.8 Å². The van der Waals surface area contributed by atoms with Gasteiger partial charge in [-0.1, -0.05) is 30.3 Å². The molecular weight excluding hydrogens is 316 g/mol. The van der Waals surface area contributed by atoms with E-state index in [1.807, 2.05) is 30.3 Å². The van der Waals surface area contributed by atoms with Crippen LogP contribution in [0.15, 0.2) is 42.9 Å². The molecular formula is C18H22N6O. The van der Waals surface area contributed by atoms with Crippen molar-refractivity contribution < 1.29 is 5.11 Å². The number of benzene rings is 1. The number of H-pyrrole nitrogens is 1. The summed E-state index contributed by atoms with van der Waals surface area (Å²) >= 11 is 0. The van der Waals surface area contributed by atoms with Gasteiger partial charge in [0.15, 0.2) is 5.65 Å². The van der Waals surface area contributed by atoms with Crippen molar-refractivity contribution in [2.45, 2.75) is 25.0 Å². The fourth-order valence-corrected chi connectivity index (χ4v) is 3.36. The largest absolute Gasteiger partial charge is 0.387 e. The maximum Gasteiger partial charge on any atom is 0.160 e. The highest BCUT2D eigenvalue weighted by Crippen LogP contribution is 2.22. The normalized spacial score (nSPS) is 17.6. The van der Waals surface area contributed by atoms with E-state index < -0.39 is 6.10 Å². The molecule has 0 saturated carbocycles. The third-order valence-electron chi connectivity index (χ3n) is 4.79. The number of rotatable bonds is 5. The first-order valence-electron chi connectivity index (χ1n) is 8.65. The van der Waals surface area contributed by atoms with Crippen LogP contribution in [0.5, 0.6) is 0 Å². The van der Waals surface area contributed by atoms with Gasteiger partial charge in [0.05, 0.1) is 17.7 Å². The molecule has 25 heavy (non-hydrogen) atoms. The van der Waals surface area contributed by atoms with Crippen molar-refractivity contribution in [2.75, 3.05) is 25.0 Å². The molecule has 0 bridgehead atoms. The van der Waals surface area contributed by atoms with Crippen LogP contribution in [0.3, 0.4) is 0 Å². The van der Waals surface area contributed by atoms with Crippen molar-refractivity contribution in [1.29, 1.82) is 0 Å². The average molecular weight is 338 g/mol. The van der Waals surface area contributed by atoms with Gasteiger partial charge in [-0.15, -0.1) is 0 Å². The Morgan fingerprint density at radius 1 is 1.20 bits per heavy atom. The number of fused-ring (bicyclic) bond motifs is 1. The number of nitrogens with one attached hydrogen (secondary N) is 2. The second-order valence-electron chi connectivity index (χ2n) is 6.50. The lowest BCUT2D eigenvalue weighted by atomic mass is 10.0. The molecule has 1 saturated heterocycles. The highest BCUT2D eigenvalue weighted by Gasteiger charge is 2.22. The Balaban J connectivity index is 1.32. The summed E-state index contributed by atoms with van der Waals surface area (Å²) in [7, 11) is 0. The standard InChI is InChI=1S/C18H22N6O/c25-16(13-4-2-1-3-5-13)11-24-8-6-14(7-9-24)22-17-15-10-21-23-18(15)20-12-19-17/h1-5,10,12,14,16,25H,6-9,11H2,(H2,19,20,21,22,23). The van der Waals surface area contributed by atoms with Crippen LogP contribution in [0, 0.1) is 0 Å². The van der Waals surface area contributed by atoms with E-state index in [0.717, 1.165) is 48.3 Å². The maximum atomic E-state index is 10.4. The van der Waals surface area contributed by atoms with Crippen LogP contribution >= 0.6 is 0 Å². The maximum absolute atomic E-state index is 10.4. The third kappa shape index (κ3) is 3.62. The van der Waals surface area contributed by atoms with Gasteiger partial charge in [-0.25, -0.2) is 9.97 Å².